The molecule has 0 saturated carbocycles. The number of hydrogen-bond acceptors (Lipinski definition) is 3. The number of piperidine rings is 1. The molecule has 0 spiro atoms. The van der Waals surface area contributed by atoms with Gasteiger partial charge in [0, 0.05) is 37.5 Å². The van der Waals surface area contributed by atoms with Gasteiger partial charge in [0.1, 0.15) is 0 Å². The zero-order chi connectivity index (χ0) is 16.1. The van der Waals surface area contributed by atoms with Gasteiger partial charge in [-0.25, -0.2) is 0 Å². The summed E-state index contributed by atoms with van der Waals surface area (Å²) in [5.74, 6) is 0.639. The fraction of sp³-hybridized carbons (Fsp3) is 0.556. The monoisotopic (exact) mass is 302 g/mol. The minimum absolute atomic E-state index is 0.0406. The van der Waals surface area contributed by atoms with Crippen molar-refractivity contribution in [3.63, 3.8) is 0 Å². The van der Waals surface area contributed by atoms with E-state index in [2.05, 4.69) is 0 Å². The molecule has 0 radical (unpaired) electrons. The Morgan fingerprint density at radius 2 is 1.77 bits per heavy atom. The van der Waals surface area contributed by atoms with Crippen LogP contribution >= 0.6 is 0 Å². The fourth-order valence-corrected chi connectivity index (χ4v) is 2.94. The number of hydrogen-bond donors (Lipinski definition) is 1. The first kappa shape index (κ1) is 16.7. The van der Waals surface area contributed by atoms with Gasteiger partial charge in [0.15, 0.2) is 5.78 Å². The van der Waals surface area contributed by atoms with E-state index in [0.29, 0.717) is 17.9 Å². The number of ketones is 1. The number of aryl methyl sites for hydroxylation is 1. The maximum absolute atomic E-state index is 12.2. The van der Waals surface area contributed by atoms with Gasteiger partial charge in [0.25, 0.3) is 0 Å². The SMILES string of the molecule is Cc1ccc(C(=O)CCC(=O)N2CCC(C(C)N)CC2)cc1. The van der Waals surface area contributed by atoms with Crippen molar-refractivity contribution < 1.29 is 9.59 Å². The highest BCUT2D eigenvalue weighted by atomic mass is 16.2. The van der Waals surface area contributed by atoms with Gasteiger partial charge in [-0.15, -0.1) is 0 Å². The summed E-state index contributed by atoms with van der Waals surface area (Å²) >= 11 is 0. The molecule has 0 bridgehead atoms. The maximum atomic E-state index is 12.2. The Bertz CT molecular complexity index is 514. The predicted octanol–water partition coefficient (Wildman–Crippen LogP) is 2.54. The molecule has 1 saturated heterocycles. The Kier molecular flexibility index (Phi) is 5.72. The van der Waals surface area contributed by atoms with E-state index in [1.165, 1.54) is 0 Å². The number of likely N-dealkylation sites (tertiary alicyclic amines) is 1. The summed E-state index contributed by atoms with van der Waals surface area (Å²) in [6, 6.07) is 7.70. The van der Waals surface area contributed by atoms with Gasteiger partial charge in [-0.2, -0.15) is 0 Å². The molecule has 2 rings (SSSR count). The average Bonchev–Trinajstić information content (AvgIpc) is 2.53. The Balaban J connectivity index is 1.78. The summed E-state index contributed by atoms with van der Waals surface area (Å²) in [4.78, 5) is 26.2. The second kappa shape index (κ2) is 7.54. The molecule has 22 heavy (non-hydrogen) atoms. The van der Waals surface area contributed by atoms with E-state index < -0.39 is 0 Å². The normalized spacial score (nSPS) is 17.3. The molecule has 2 N–H and O–H groups in total. The van der Waals surface area contributed by atoms with E-state index in [0.717, 1.165) is 31.5 Å². The molecule has 1 atom stereocenters. The van der Waals surface area contributed by atoms with E-state index in [-0.39, 0.29) is 24.2 Å². The van der Waals surface area contributed by atoms with E-state index in [4.69, 9.17) is 5.73 Å². The molecule has 1 fully saturated rings. The van der Waals surface area contributed by atoms with Gasteiger partial charge in [-0.1, -0.05) is 29.8 Å². The highest BCUT2D eigenvalue weighted by Crippen LogP contribution is 2.20. The van der Waals surface area contributed by atoms with Crippen molar-refractivity contribution in [3.8, 4) is 0 Å². The van der Waals surface area contributed by atoms with Crippen molar-refractivity contribution >= 4 is 11.7 Å². The number of nitrogens with zero attached hydrogens (tertiary/aromatic N) is 1. The molecule has 1 aliphatic rings. The number of benzene rings is 1. The van der Waals surface area contributed by atoms with Crippen molar-refractivity contribution in [2.45, 2.75) is 45.6 Å². The molecule has 1 aromatic carbocycles. The molecule has 1 aliphatic heterocycles. The van der Waals surface area contributed by atoms with Crippen molar-refractivity contribution in [2.75, 3.05) is 13.1 Å². The first-order chi connectivity index (χ1) is 10.5. The summed E-state index contributed by atoms with van der Waals surface area (Å²) < 4.78 is 0. The van der Waals surface area contributed by atoms with Crippen LogP contribution in [0.15, 0.2) is 24.3 Å². The number of carbonyl (C=O) groups excluding carboxylic acids is 2. The lowest BCUT2D eigenvalue weighted by molar-refractivity contribution is -0.132. The van der Waals surface area contributed by atoms with Gasteiger partial charge in [-0.3, -0.25) is 9.59 Å². The van der Waals surface area contributed by atoms with Crippen molar-refractivity contribution in [1.29, 1.82) is 0 Å². The van der Waals surface area contributed by atoms with E-state index >= 15 is 0 Å². The molecule has 0 aromatic heterocycles. The molecular weight excluding hydrogens is 276 g/mol. The van der Waals surface area contributed by atoms with Crippen LogP contribution in [0.2, 0.25) is 0 Å². The molecule has 4 heteroatoms. The second-order valence-electron chi connectivity index (χ2n) is 6.37. The van der Waals surface area contributed by atoms with Crippen LogP contribution in [0.1, 0.15) is 48.5 Å². The van der Waals surface area contributed by atoms with Crippen molar-refractivity contribution in [1.82, 2.24) is 4.90 Å². The van der Waals surface area contributed by atoms with Crippen LogP contribution in [-0.4, -0.2) is 35.7 Å². The number of Topliss-reactive ketones (excluding diaryl/α,β-unsaturated/α-hetero) is 1. The van der Waals surface area contributed by atoms with Crippen molar-refractivity contribution in [2.24, 2.45) is 11.7 Å². The van der Waals surface area contributed by atoms with Crippen LogP contribution in [-0.2, 0) is 4.79 Å². The summed E-state index contributed by atoms with van der Waals surface area (Å²) in [5, 5.41) is 0. The van der Waals surface area contributed by atoms with Crippen LogP contribution in [0.5, 0.6) is 0 Å². The number of carbonyl (C=O) groups is 2. The maximum Gasteiger partial charge on any atom is 0.223 e. The number of rotatable bonds is 5. The van der Waals surface area contributed by atoms with Gasteiger partial charge in [0.05, 0.1) is 0 Å². The van der Waals surface area contributed by atoms with Crippen LogP contribution in [0, 0.1) is 12.8 Å². The average molecular weight is 302 g/mol. The molecule has 120 valence electrons. The molecule has 4 nitrogen and oxygen atoms in total. The molecule has 1 unspecified atom stereocenters. The smallest absolute Gasteiger partial charge is 0.223 e. The minimum atomic E-state index is 0.0406. The Labute approximate surface area is 132 Å². The third-order valence-corrected chi connectivity index (χ3v) is 4.58. The lowest BCUT2D eigenvalue weighted by Crippen LogP contribution is -2.42. The predicted molar refractivity (Wildman–Crippen MR) is 87.7 cm³/mol. The van der Waals surface area contributed by atoms with Crippen molar-refractivity contribution in [3.05, 3.63) is 35.4 Å². The van der Waals surface area contributed by atoms with E-state index in [9.17, 15) is 9.59 Å². The topological polar surface area (TPSA) is 63.4 Å². The zero-order valence-electron chi connectivity index (χ0n) is 13.5. The fourth-order valence-electron chi connectivity index (χ4n) is 2.94. The number of nitrogens with two attached hydrogens (primary N) is 1. The highest BCUT2D eigenvalue weighted by Gasteiger charge is 2.24. The summed E-state index contributed by atoms with van der Waals surface area (Å²) in [6.45, 7) is 5.56. The molecular formula is C18H26N2O2. The van der Waals surface area contributed by atoms with Gasteiger partial charge in [-0.05, 0) is 32.6 Å². The first-order valence-electron chi connectivity index (χ1n) is 8.10. The molecule has 1 amide bonds. The Hall–Kier alpha value is -1.68. The van der Waals surface area contributed by atoms with Gasteiger partial charge in [0.2, 0.25) is 5.91 Å². The van der Waals surface area contributed by atoms with Crippen LogP contribution in [0.3, 0.4) is 0 Å². The summed E-state index contributed by atoms with van der Waals surface area (Å²) in [6.07, 6.45) is 2.52. The second-order valence-corrected chi connectivity index (χ2v) is 6.37. The zero-order valence-corrected chi connectivity index (χ0v) is 13.5. The summed E-state index contributed by atoms with van der Waals surface area (Å²) in [7, 11) is 0. The largest absolute Gasteiger partial charge is 0.343 e. The number of amides is 1. The Morgan fingerprint density at radius 1 is 1.18 bits per heavy atom. The molecule has 1 heterocycles. The highest BCUT2D eigenvalue weighted by molar-refractivity contribution is 5.97. The Morgan fingerprint density at radius 3 is 2.32 bits per heavy atom. The third-order valence-electron chi connectivity index (χ3n) is 4.58. The minimum Gasteiger partial charge on any atom is -0.343 e. The van der Waals surface area contributed by atoms with Gasteiger partial charge >= 0.3 is 0 Å². The first-order valence-corrected chi connectivity index (χ1v) is 8.10. The van der Waals surface area contributed by atoms with Crippen LogP contribution < -0.4 is 5.73 Å². The van der Waals surface area contributed by atoms with E-state index in [1.54, 1.807) is 0 Å². The standard InChI is InChI=1S/C18H26N2O2/c1-13-3-5-16(6-4-13)17(21)7-8-18(22)20-11-9-15(10-12-20)14(2)19/h3-6,14-15H,7-12,19H2,1-2H3. The summed E-state index contributed by atoms with van der Waals surface area (Å²) in [5.41, 5.74) is 7.73. The van der Waals surface area contributed by atoms with Gasteiger partial charge < -0.3 is 10.6 Å². The molecule has 1 aromatic rings. The van der Waals surface area contributed by atoms with E-state index in [1.807, 2.05) is 43.0 Å². The third kappa shape index (κ3) is 4.41. The molecule has 0 aliphatic carbocycles. The van der Waals surface area contributed by atoms with Crippen LogP contribution in [0.4, 0.5) is 0 Å². The lowest BCUT2D eigenvalue weighted by Gasteiger charge is -2.33. The lowest BCUT2D eigenvalue weighted by atomic mass is 9.91. The van der Waals surface area contributed by atoms with Crippen LogP contribution in [0.25, 0.3) is 0 Å². The quantitative estimate of drug-likeness (QED) is 0.850.